The summed E-state index contributed by atoms with van der Waals surface area (Å²) in [6, 6.07) is 6.24. The van der Waals surface area contributed by atoms with E-state index in [4.69, 9.17) is 11.6 Å². The highest BCUT2D eigenvalue weighted by molar-refractivity contribution is 7.99. The van der Waals surface area contributed by atoms with Gasteiger partial charge in [0.05, 0.1) is 4.92 Å². The zero-order chi connectivity index (χ0) is 12.3. The lowest BCUT2D eigenvalue weighted by atomic mass is 10.4. The Morgan fingerprint density at radius 3 is 2.59 bits per heavy atom. The molecule has 0 N–H and O–H groups in total. The molecule has 0 aliphatic carbocycles. The Labute approximate surface area is 106 Å². The highest BCUT2D eigenvalue weighted by Gasteiger charge is 2.16. The zero-order valence-corrected chi connectivity index (χ0v) is 9.98. The predicted molar refractivity (Wildman–Crippen MR) is 64.3 cm³/mol. The van der Waals surface area contributed by atoms with Crippen LogP contribution < -0.4 is 0 Å². The smallest absolute Gasteiger partial charge is 0.265 e. The molecule has 0 atom stereocenters. The van der Waals surface area contributed by atoms with Gasteiger partial charge < -0.3 is 0 Å². The second-order valence-electron chi connectivity index (χ2n) is 3.00. The molecule has 0 aromatic carbocycles. The summed E-state index contributed by atoms with van der Waals surface area (Å²) < 4.78 is 0. The van der Waals surface area contributed by atoms with E-state index in [1.165, 1.54) is 23.9 Å². The van der Waals surface area contributed by atoms with Crippen LogP contribution in [0, 0.1) is 10.1 Å². The van der Waals surface area contributed by atoms with Gasteiger partial charge in [-0.15, -0.1) is 0 Å². The number of aromatic nitrogens is 2. The Kier molecular flexibility index (Phi) is 3.55. The second-order valence-corrected chi connectivity index (χ2v) is 4.45. The van der Waals surface area contributed by atoms with Crippen molar-refractivity contribution in [1.82, 2.24) is 9.97 Å². The van der Waals surface area contributed by atoms with E-state index in [1.807, 2.05) is 0 Å². The maximum atomic E-state index is 10.8. The molecular weight excluding hydrogens is 262 g/mol. The lowest BCUT2D eigenvalue weighted by Gasteiger charge is -2.01. The average molecular weight is 268 g/mol. The van der Waals surface area contributed by atoms with E-state index in [2.05, 4.69) is 9.97 Å². The van der Waals surface area contributed by atoms with Crippen molar-refractivity contribution in [1.29, 1.82) is 0 Å². The topological polar surface area (TPSA) is 68.9 Å². The maximum absolute atomic E-state index is 10.8. The van der Waals surface area contributed by atoms with Crippen LogP contribution in [0.2, 0.25) is 5.15 Å². The van der Waals surface area contributed by atoms with Gasteiger partial charge in [0, 0.05) is 23.4 Å². The van der Waals surface area contributed by atoms with Crippen LogP contribution in [0.15, 0.2) is 46.6 Å². The molecule has 0 spiro atoms. The Morgan fingerprint density at radius 1 is 1.24 bits per heavy atom. The molecule has 0 saturated heterocycles. The third-order valence-electron chi connectivity index (χ3n) is 1.87. The molecule has 2 rings (SSSR count). The second kappa shape index (κ2) is 5.11. The van der Waals surface area contributed by atoms with Crippen LogP contribution in [-0.4, -0.2) is 14.9 Å². The maximum Gasteiger partial charge on any atom is 0.301 e. The van der Waals surface area contributed by atoms with Gasteiger partial charge in [-0.25, -0.2) is 4.98 Å². The minimum absolute atomic E-state index is 0.0591. The van der Waals surface area contributed by atoms with Crippen molar-refractivity contribution in [2.45, 2.75) is 9.92 Å². The van der Waals surface area contributed by atoms with Gasteiger partial charge in [-0.2, -0.15) is 0 Å². The molecule has 0 radical (unpaired) electrons. The van der Waals surface area contributed by atoms with Crippen LogP contribution in [0.25, 0.3) is 0 Å². The first kappa shape index (κ1) is 11.8. The van der Waals surface area contributed by atoms with E-state index in [0.717, 1.165) is 4.90 Å². The van der Waals surface area contributed by atoms with Crippen LogP contribution in [0.3, 0.4) is 0 Å². The van der Waals surface area contributed by atoms with Gasteiger partial charge >= 0.3 is 5.69 Å². The van der Waals surface area contributed by atoms with Crippen LogP contribution in [0.4, 0.5) is 5.69 Å². The standard InChI is InChI=1S/C10H6ClN3O2S/c11-9-2-1-8(14(15)16)10(13-9)17-7-3-5-12-6-4-7/h1-6H. The van der Waals surface area contributed by atoms with E-state index in [1.54, 1.807) is 24.5 Å². The molecule has 5 nitrogen and oxygen atoms in total. The van der Waals surface area contributed by atoms with Crippen molar-refractivity contribution in [2.75, 3.05) is 0 Å². The van der Waals surface area contributed by atoms with E-state index in [9.17, 15) is 10.1 Å². The molecule has 2 aromatic heterocycles. The predicted octanol–water partition coefficient (Wildman–Crippen LogP) is 3.19. The summed E-state index contributed by atoms with van der Waals surface area (Å²) in [5, 5.41) is 11.3. The minimum atomic E-state index is -0.479. The lowest BCUT2D eigenvalue weighted by Crippen LogP contribution is -1.93. The van der Waals surface area contributed by atoms with Gasteiger partial charge in [0.2, 0.25) is 0 Å². The Morgan fingerprint density at radius 2 is 1.94 bits per heavy atom. The molecule has 2 heterocycles. The van der Waals surface area contributed by atoms with E-state index >= 15 is 0 Å². The summed E-state index contributed by atoms with van der Waals surface area (Å²) in [7, 11) is 0. The lowest BCUT2D eigenvalue weighted by molar-refractivity contribution is -0.388. The molecule has 7 heteroatoms. The van der Waals surface area contributed by atoms with Crippen molar-refractivity contribution < 1.29 is 4.92 Å². The minimum Gasteiger partial charge on any atom is -0.265 e. The molecule has 0 saturated carbocycles. The summed E-state index contributed by atoms with van der Waals surface area (Å²) in [5.74, 6) is 0. The van der Waals surface area contributed by atoms with Gasteiger partial charge in [-0.1, -0.05) is 23.4 Å². The molecule has 0 aliphatic heterocycles. The third-order valence-corrected chi connectivity index (χ3v) is 3.08. The summed E-state index contributed by atoms with van der Waals surface area (Å²) in [5.41, 5.74) is -0.0591. The normalized spacial score (nSPS) is 10.2. The fourth-order valence-electron chi connectivity index (χ4n) is 1.14. The quantitative estimate of drug-likeness (QED) is 0.485. The summed E-state index contributed by atoms with van der Waals surface area (Å²) in [6.07, 6.45) is 3.22. The molecule has 86 valence electrons. The Balaban J connectivity index is 2.37. The van der Waals surface area contributed by atoms with Gasteiger partial charge in [0.25, 0.3) is 0 Å². The van der Waals surface area contributed by atoms with Crippen LogP contribution in [0.5, 0.6) is 0 Å². The van der Waals surface area contributed by atoms with Crippen molar-refractivity contribution >= 4 is 29.1 Å². The number of pyridine rings is 2. The highest BCUT2D eigenvalue weighted by atomic mass is 35.5. The molecule has 0 fully saturated rings. The first-order valence-electron chi connectivity index (χ1n) is 4.55. The zero-order valence-electron chi connectivity index (χ0n) is 8.41. The molecular formula is C10H6ClN3O2S. The van der Waals surface area contributed by atoms with Crippen molar-refractivity contribution in [2.24, 2.45) is 0 Å². The van der Waals surface area contributed by atoms with Crippen LogP contribution in [0.1, 0.15) is 0 Å². The largest absolute Gasteiger partial charge is 0.301 e. The highest BCUT2D eigenvalue weighted by Crippen LogP contribution is 2.33. The summed E-state index contributed by atoms with van der Waals surface area (Å²) >= 11 is 6.91. The van der Waals surface area contributed by atoms with E-state index in [-0.39, 0.29) is 15.9 Å². The Hall–Kier alpha value is -1.66. The van der Waals surface area contributed by atoms with Crippen molar-refractivity contribution in [3.63, 3.8) is 0 Å². The van der Waals surface area contributed by atoms with Gasteiger partial charge in [-0.05, 0) is 18.2 Å². The van der Waals surface area contributed by atoms with Gasteiger partial charge in [0.1, 0.15) is 5.15 Å². The van der Waals surface area contributed by atoms with Crippen LogP contribution in [-0.2, 0) is 0 Å². The molecule has 0 aliphatic rings. The number of hydrogen-bond acceptors (Lipinski definition) is 5. The van der Waals surface area contributed by atoms with Crippen molar-refractivity contribution in [3.8, 4) is 0 Å². The fourth-order valence-corrected chi connectivity index (χ4v) is 2.21. The number of halogens is 1. The monoisotopic (exact) mass is 267 g/mol. The van der Waals surface area contributed by atoms with E-state index in [0.29, 0.717) is 0 Å². The number of nitrogens with zero attached hydrogens (tertiary/aromatic N) is 3. The fraction of sp³-hybridized carbons (Fsp3) is 0. The van der Waals surface area contributed by atoms with Gasteiger partial charge in [-0.3, -0.25) is 15.1 Å². The third kappa shape index (κ3) is 2.92. The number of hydrogen-bond donors (Lipinski definition) is 0. The number of nitro groups is 1. The van der Waals surface area contributed by atoms with Crippen molar-refractivity contribution in [3.05, 3.63) is 51.9 Å². The first-order chi connectivity index (χ1) is 8.16. The van der Waals surface area contributed by atoms with Crippen LogP contribution >= 0.6 is 23.4 Å². The Bertz CT molecular complexity index is 551. The summed E-state index contributed by atoms with van der Waals surface area (Å²) in [4.78, 5) is 19.0. The number of rotatable bonds is 3. The molecule has 0 unspecified atom stereocenters. The van der Waals surface area contributed by atoms with E-state index < -0.39 is 4.92 Å². The van der Waals surface area contributed by atoms with Gasteiger partial charge in [0.15, 0.2) is 5.03 Å². The SMILES string of the molecule is O=[N+]([O-])c1ccc(Cl)nc1Sc1ccncc1. The molecule has 2 aromatic rings. The summed E-state index contributed by atoms with van der Waals surface area (Å²) in [6.45, 7) is 0. The average Bonchev–Trinajstić information content (AvgIpc) is 2.30. The molecule has 17 heavy (non-hydrogen) atoms. The molecule has 0 bridgehead atoms. The first-order valence-corrected chi connectivity index (χ1v) is 5.75. The molecule has 0 amide bonds.